The van der Waals surface area contributed by atoms with Gasteiger partial charge in [0.05, 0.1) is 0 Å². The van der Waals surface area contributed by atoms with Crippen LogP contribution in [0.5, 0.6) is 0 Å². The van der Waals surface area contributed by atoms with Crippen molar-refractivity contribution in [3.63, 3.8) is 0 Å². The number of hydrogen-bond donors (Lipinski definition) is 2. The lowest BCUT2D eigenvalue weighted by Crippen LogP contribution is -2.46. The number of carboxylic acids is 1. The lowest BCUT2D eigenvalue weighted by atomic mass is 9.92. The summed E-state index contributed by atoms with van der Waals surface area (Å²) in [6.45, 7) is 8.19. The third-order valence-corrected chi connectivity index (χ3v) is 6.41. The first kappa shape index (κ1) is 29.9. The molecule has 0 aromatic rings. The van der Waals surface area contributed by atoms with Crippen LogP contribution >= 0.6 is 0 Å². The maximum Gasteiger partial charge on any atom is 0.326 e. The van der Waals surface area contributed by atoms with Crippen LogP contribution in [0.25, 0.3) is 0 Å². The largest absolute Gasteiger partial charge is 0.480 e. The Morgan fingerprint density at radius 1 is 0.645 bits per heavy atom. The topological polar surface area (TPSA) is 66.4 Å². The Bertz CT molecular complexity index is 416. The second kappa shape index (κ2) is 20.8. The molecule has 1 amide bonds. The number of hydrogen-bond acceptors (Lipinski definition) is 2. The predicted molar refractivity (Wildman–Crippen MR) is 132 cm³/mol. The van der Waals surface area contributed by atoms with Crippen LogP contribution in [0.3, 0.4) is 0 Å². The standard InChI is InChI=1S/C27H53NO3/c1-5-7-9-11-13-15-17-19-21-24(22-20-18-16-14-12-10-8-6-2)26(29)28-25(23(3)4)27(30)31/h23-25H,5-22H2,1-4H3,(H,28,29)(H,30,31). The summed E-state index contributed by atoms with van der Waals surface area (Å²) in [7, 11) is 0. The quantitative estimate of drug-likeness (QED) is 0.168. The molecule has 4 nitrogen and oxygen atoms in total. The fourth-order valence-corrected chi connectivity index (χ4v) is 4.24. The van der Waals surface area contributed by atoms with Crippen LogP contribution in [-0.4, -0.2) is 23.0 Å². The summed E-state index contributed by atoms with van der Waals surface area (Å²) in [4.78, 5) is 24.4. The SMILES string of the molecule is CCCCCCCCCCC(CCCCCCCCCC)C(=O)NC(C(=O)O)C(C)C. The Labute approximate surface area is 193 Å². The van der Waals surface area contributed by atoms with Gasteiger partial charge >= 0.3 is 5.97 Å². The zero-order valence-electron chi connectivity index (χ0n) is 21.2. The van der Waals surface area contributed by atoms with Gasteiger partial charge in [0.2, 0.25) is 5.91 Å². The second-order valence-corrected chi connectivity index (χ2v) is 9.79. The van der Waals surface area contributed by atoms with Crippen LogP contribution in [0.4, 0.5) is 0 Å². The second-order valence-electron chi connectivity index (χ2n) is 9.79. The zero-order valence-corrected chi connectivity index (χ0v) is 21.2. The summed E-state index contributed by atoms with van der Waals surface area (Å²) in [5, 5.41) is 12.3. The number of carbonyl (C=O) groups is 2. The first-order chi connectivity index (χ1) is 14.9. The van der Waals surface area contributed by atoms with Crippen LogP contribution in [-0.2, 0) is 9.59 Å². The normalized spacial score (nSPS) is 12.5. The number of carbonyl (C=O) groups excluding carboxylic acids is 1. The van der Waals surface area contributed by atoms with E-state index in [9.17, 15) is 14.7 Å². The summed E-state index contributed by atoms with van der Waals surface area (Å²) in [6.07, 6.45) is 21.9. The van der Waals surface area contributed by atoms with Crippen molar-refractivity contribution in [2.24, 2.45) is 11.8 Å². The van der Waals surface area contributed by atoms with E-state index in [-0.39, 0.29) is 17.7 Å². The van der Waals surface area contributed by atoms with Gasteiger partial charge in [0, 0.05) is 5.92 Å². The van der Waals surface area contributed by atoms with Crippen LogP contribution in [0.2, 0.25) is 0 Å². The van der Waals surface area contributed by atoms with Gasteiger partial charge < -0.3 is 10.4 Å². The van der Waals surface area contributed by atoms with Crippen LogP contribution in [0.1, 0.15) is 143 Å². The van der Waals surface area contributed by atoms with E-state index in [0.717, 1.165) is 25.7 Å². The Morgan fingerprint density at radius 2 is 1.00 bits per heavy atom. The van der Waals surface area contributed by atoms with E-state index in [0.29, 0.717) is 0 Å². The van der Waals surface area contributed by atoms with Crippen molar-refractivity contribution in [1.29, 1.82) is 0 Å². The Kier molecular flexibility index (Phi) is 20.1. The van der Waals surface area contributed by atoms with E-state index < -0.39 is 12.0 Å². The highest BCUT2D eigenvalue weighted by Gasteiger charge is 2.27. The number of unbranched alkanes of at least 4 members (excludes halogenated alkanes) is 14. The minimum atomic E-state index is -0.929. The molecular weight excluding hydrogens is 386 g/mol. The van der Waals surface area contributed by atoms with Crippen LogP contribution in [0, 0.1) is 11.8 Å². The third kappa shape index (κ3) is 17.2. The van der Waals surface area contributed by atoms with E-state index in [1.807, 2.05) is 13.8 Å². The molecule has 0 aliphatic carbocycles. The van der Waals surface area contributed by atoms with Crippen molar-refractivity contribution < 1.29 is 14.7 Å². The minimum Gasteiger partial charge on any atom is -0.480 e. The molecule has 0 rings (SSSR count). The fraction of sp³-hybridized carbons (Fsp3) is 0.926. The van der Waals surface area contributed by atoms with Crippen molar-refractivity contribution in [2.75, 3.05) is 0 Å². The molecule has 0 bridgehead atoms. The molecule has 1 atom stereocenters. The average Bonchev–Trinajstić information content (AvgIpc) is 2.73. The van der Waals surface area contributed by atoms with Gasteiger partial charge in [-0.3, -0.25) is 4.79 Å². The number of nitrogens with one attached hydrogen (secondary N) is 1. The number of carboxylic acid groups (broad SMARTS) is 1. The Hall–Kier alpha value is -1.06. The van der Waals surface area contributed by atoms with Crippen molar-refractivity contribution in [3.05, 3.63) is 0 Å². The molecule has 0 saturated carbocycles. The highest BCUT2D eigenvalue weighted by molar-refractivity contribution is 5.85. The van der Waals surface area contributed by atoms with Gasteiger partial charge in [-0.05, 0) is 18.8 Å². The summed E-state index contributed by atoms with van der Waals surface area (Å²) >= 11 is 0. The maximum atomic E-state index is 12.9. The number of rotatable bonds is 22. The molecule has 0 aromatic heterocycles. The smallest absolute Gasteiger partial charge is 0.326 e. The molecule has 0 aliphatic heterocycles. The fourth-order valence-electron chi connectivity index (χ4n) is 4.24. The monoisotopic (exact) mass is 439 g/mol. The summed E-state index contributed by atoms with van der Waals surface area (Å²) < 4.78 is 0. The molecule has 1 unspecified atom stereocenters. The van der Waals surface area contributed by atoms with E-state index in [2.05, 4.69) is 19.2 Å². The third-order valence-electron chi connectivity index (χ3n) is 6.41. The molecule has 31 heavy (non-hydrogen) atoms. The molecule has 0 fully saturated rings. The van der Waals surface area contributed by atoms with Crippen molar-refractivity contribution in [3.8, 4) is 0 Å². The molecule has 0 spiro atoms. The number of aliphatic carboxylic acids is 1. The minimum absolute atomic E-state index is 0.0409. The van der Waals surface area contributed by atoms with Gasteiger partial charge in [-0.2, -0.15) is 0 Å². The van der Waals surface area contributed by atoms with Crippen molar-refractivity contribution >= 4 is 11.9 Å². The van der Waals surface area contributed by atoms with Gasteiger partial charge in [0.1, 0.15) is 6.04 Å². The lowest BCUT2D eigenvalue weighted by molar-refractivity contribution is -0.143. The van der Waals surface area contributed by atoms with E-state index in [1.54, 1.807) is 0 Å². The van der Waals surface area contributed by atoms with Gasteiger partial charge in [-0.25, -0.2) is 4.79 Å². The van der Waals surface area contributed by atoms with Gasteiger partial charge in [-0.1, -0.05) is 130 Å². The van der Waals surface area contributed by atoms with Crippen molar-refractivity contribution in [1.82, 2.24) is 5.32 Å². The predicted octanol–water partition coefficient (Wildman–Crippen LogP) is 7.89. The first-order valence-electron chi connectivity index (χ1n) is 13.5. The molecule has 0 radical (unpaired) electrons. The Balaban J connectivity index is 4.37. The molecule has 2 N–H and O–H groups in total. The molecule has 0 aromatic carbocycles. The molecule has 184 valence electrons. The van der Waals surface area contributed by atoms with Crippen molar-refractivity contribution in [2.45, 2.75) is 149 Å². The first-order valence-corrected chi connectivity index (χ1v) is 13.5. The van der Waals surface area contributed by atoms with E-state index >= 15 is 0 Å². The molecular formula is C27H53NO3. The number of amides is 1. The van der Waals surface area contributed by atoms with E-state index in [4.69, 9.17) is 0 Å². The van der Waals surface area contributed by atoms with Crippen LogP contribution < -0.4 is 5.32 Å². The summed E-state index contributed by atoms with van der Waals surface area (Å²) in [5.74, 6) is -1.12. The van der Waals surface area contributed by atoms with Gasteiger partial charge in [-0.15, -0.1) is 0 Å². The molecule has 4 heteroatoms. The molecule has 0 aliphatic rings. The van der Waals surface area contributed by atoms with Gasteiger partial charge in [0.25, 0.3) is 0 Å². The highest BCUT2D eigenvalue weighted by Crippen LogP contribution is 2.21. The molecule has 0 saturated heterocycles. The zero-order chi connectivity index (χ0) is 23.3. The highest BCUT2D eigenvalue weighted by atomic mass is 16.4. The average molecular weight is 440 g/mol. The molecule has 0 heterocycles. The van der Waals surface area contributed by atoms with E-state index in [1.165, 1.54) is 89.9 Å². The Morgan fingerprint density at radius 3 is 1.32 bits per heavy atom. The summed E-state index contributed by atoms with van der Waals surface area (Å²) in [5.41, 5.74) is 0. The van der Waals surface area contributed by atoms with Gasteiger partial charge in [0.15, 0.2) is 0 Å². The summed E-state index contributed by atoms with van der Waals surface area (Å²) in [6, 6.07) is -0.785. The maximum absolute atomic E-state index is 12.9. The lowest BCUT2D eigenvalue weighted by Gasteiger charge is -2.22. The van der Waals surface area contributed by atoms with Crippen LogP contribution in [0.15, 0.2) is 0 Å².